The first kappa shape index (κ1) is 7.02. The summed E-state index contributed by atoms with van der Waals surface area (Å²) in [7, 11) is 0. The van der Waals surface area contributed by atoms with Crippen molar-refractivity contribution in [3.05, 3.63) is 0 Å². The maximum atomic E-state index is 12.2. The second kappa shape index (κ2) is 1.74. The van der Waals surface area contributed by atoms with E-state index in [0.29, 0.717) is 13.1 Å². The molecule has 0 aromatic heterocycles. The smallest absolute Gasteiger partial charge is 0.316 e. The third-order valence-corrected chi connectivity index (χ3v) is 2.08. The lowest BCUT2D eigenvalue weighted by Gasteiger charge is -2.32. The topological polar surface area (TPSA) is 36.8 Å². The minimum Gasteiger partial charge on any atom is -0.316 e. The Bertz CT molecular complexity index is 200. The van der Waals surface area contributed by atoms with Gasteiger partial charge in [0.1, 0.15) is 0 Å². The highest BCUT2D eigenvalue weighted by Crippen LogP contribution is 2.50. The fraction of sp³-hybridized carbons (Fsp3) is 1.00. The van der Waals surface area contributed by atoms with Crippen LogP contribution in [0.25, 0.3) is 0 Å². The number of hydrogen-bond acceptors (Lipinski definition) is 3. The van der Waals surface area contributed by atoms with Gasteiger partial charge in [-0.25, -0.2) is 0 Å². The fourth-order valence-electron chi connectivity index (χ4n) is 1.14. The van der Waals surface area contributed by atoms with E-state index in [9.17, 15) is 13.2 Å². The van der Waals surface area contributed by atoms with Crippen molar-refractivity contribution in [2.75, 3.05) is 13.1 Å². The number of hydrogen-bond donors (Lipinski definition) is 1. The monoisotopic (exact) mass is 165 g/mol. The van der Waals surface area contributed by atoms with Crippen LogP contribution in [-0.2, 0) is 0 Å². The first-order valence-corrected chi connectivity index (χ1v) is 3.28. The highest BCUT2D eigenvalue weighted by atomic mass is 19.4. The van der Waals surface area contributed by atoms with Crippen LogP contribution in [0.3, 0.4) is 0 Å². The molecule has 0 aromatic carbocycles. The van der Waals surface area contributed by atoms with E-state index >= 15 is 0 Å². The molecule has 0 unspecified atom stereocenters. The molecule has 0 aromatic rings. The van der Waals surface area contributed by atoms with Gasteiger partial charge >= 0.3 is 6.18 Å². The van der Waals surface area contributed by atoms with Gasteiger partial charge in [0.2, 0.25) is 0 Å². The van der Waals surface area contributed by atoms with Gasteiger partial charge in [-0.2, -0.15) is 13.2 Å². The number of nitrogens with one attached hydrogen (secondary N) is 1. The van der Waals surface area contributed by atoms with E-state index in [0.717, 1.165) is 0 Å². The maximum Gasteiger partial charge on any atom is 0.438 e. The Morgan fingerprint density at radius 1 is 1.27 bits per heavy atom. The second-order valence-electron chi connectivity index (χ2n) is 2.78. The molecule has 6 heteroatoms. The molecular formula is C5H6F3N3. The minimum absolute atomic E-state index is 0.368. The quantitative estimate of drug-likeness (QED) is 0.616. The summed E-state index contributed by atoms with van der Waals surface area (Å²) >= 11 is 0. The molecule has 0 amide bonds. The lowest BCUT2D eigenvalue weighted by molar-refractivity contribution is -0.180. The van der Waals surface area contributed by atoms with Gasteiger partial charge in [-0.15, -0.1) is 10.2 Å². The molecule has 0 spiro atoms. The molecule has 0 saturated carbocycles. The lowest BCUT2D eigenvalue weighted by Crippen LogP contribution is -2.55. The Labute approximate surface area is 60.7 Å². The summed E-state index contributed by atoms with van der Waals surface area (Å²) in [6.07, 6.45) is -4.29. The highest BCUT2D eigenvalue weighted by Gasteiger charge is 2.69. The Balaban J connectivity index is 2.10. The molecule has 1 N–H and O–H groups in total. The molecule has 2 aliphatic heterocycles. The van der Waals surface area contributed by atoms with E-state index in [2.05, 4.69) is 15.5 Å². The molecule has 0 atom stereocenters. The zero-order valence-corrected chi connectivity index (χ0v) is 5.52. The van der Waals surface area contributed by atoms with E-state index in [-0.39, 0.29) is 0 Å². The SMILES string of the molecule is FC(F)(F)C1(C2CNC2)N=N1. The van der Waals surface area contributed by atoms with Crippen molar-refractivity contribution in [1.29, 1.82) is 0 Å². The molecule has 62 valence electrons. The molecule has 1 fully saturated rings. The average molecular weight is 165 g/mol. The number of alkyl halides is 3. The Morgan fingerprint density at radius 3 is 1.91 bits per heavy atom. The van der Waals surface area contributed by atoms with Gasteiger partial charge in [-0.3, -0.25) is 0 Å². The zero-order chi connectivity index (χ0) is 8.11. The summed E-state index contributed by atoms with van der Waals surface area (Å²) in [6, 6.07) is 0. The molecule has 2 rings (SSSR count). The Morgan fingerprint density at radius 2 is 1.82 bits per heavy atom. The number of rotatable bonds is 1. The summed E-state index contributed by atoms with van der Waals surface area (Å²) in [4.78, 5) is 0. The predicted octanol–water partition coefficient (Wildman–Crippen LogP) is 0.930. The first-order chi connectivity index (χ1) is 5.06. The lowest BCUT2D eigenvalue weighted by atomic mass is 9.90. The average Bonchev–Trinajstić information content (AvgIpc) is 2.37. The standard InChI is InChI=1S/C5H6F3N3/c6-5(7,8)4(10-11-4)3-1-9-2-3/h3,9H,1-2H2. The van der Waals surface area contributed by atoms with Crippen LogP contribution in [0.2, 0.25) is 0 Å². The molecule has 0 radical (unpaired) electrons. The molecule has 2 aliphatic rings. The first-order valence-electron chi connectivity index (χ1n) is 3.28. The molecule has 0 aliphatic carbocycles. The molecule has 1 saturated heterocycles. The van der Waals surface area contributed by atoms with Crippen molar-refractivity contribution in [3.8, 4) is 0 Å². The van der Waals surface area contributed by atoms with Crippen LogP contribution in [-0.4, -0.2) is 24.9 Å². The molecule has 11 heavy (non-hydrogen) atoms. The van der Waals surface area contributed by atoms with Crippen molar-refractivity contribution in [3.63, 3.8) is 0 Å². The van der Waals surface area contributed by atoms with Gasteiger partial charge < -0.3 is 5.32 Å². The van der Waals surface area contributed by atoms with Crippen LogP contribution in [0.15, 0.2) is 10.2 Å². The van der Waals surface area contributed by atoms with Crippen LogP contribution in [0.5, 0.6) is 0 Å². The van der Waals surface area contributed by atoms with Crippen molar-refractivity contribution in [2.45, 2.75) is 11.8 Å². The normalized spacial score (nSPS) is 28.3. The van der Waals surface area contributed by atoms with Gasteiger partial charge in [0, 0.05) is 19.0 Å². The van der Waals surface area contributed by atoms with Crippen LogP contribution in [0.1, 0.15) is 0 Å². The predicted molar refractivity (Wildman–Crippen MR) is 30.0 cm³/mol. The second-order valence-corrected chi connectivity index (χ2v) is 2.78. The van der Waals surface area contributed by atoms with E-state index in [1.165, 1.54) is 0 Å². The zero-order valence-electron chi connectivity index (χ0n) is 5.52. The largest absolute Gasteiger partial charge is 0.438 e. The summed E-state index contributed by atoms with van der Waals surface area (Å²) in [5, 5.41) is 8.93. The van der Waals surface area contributed by atoms with Gasteiger partial charge in [-0.05, 0) is 0 Å². The Hall–Kier alpha value is -0.650. The van der Waals surface area contributed by atoms with Crippen molar-refractivity contribution >= 4 is 0 Å². The van der Waals surface area contributed by atoms with Crippen molar-refractivity contribution in [1.82, 2.24) is 5.32 Å². The Kier molecular flexibility index (Phi) is 1.11. The van der Waals surface area contributed by atoms with E-state index < -0.39 is 17.8 Å². The number of halogens is 3. The van der Waals surface area contributed by atoms with Crippen LogP contribution in [0.4, 0.5) is 13.2 Å². The third-order valence-electron chi connectivity index (χ3n) is 2.08. The molecular weight excluding hydrogens is 159 g/mol. The summed E-state index contributed by atoms with van der Waals surface area (Å²) in [6.45, 7) is 0.735. The van der Waals surface area contributed by atoms with Gasteiger partial charge in [-0.1, -0.05) is 0 Å². The van der Waals surface area contributed by atoms with Gasteiger partial charge in [0.15, 0.2) is 0 Å². The summed E-state index contributed by atoms with van der Waals surface area (Å²) in [5.41, 5.74) is -2.03. The van der Waals surface area contributed by atoms with Crippen LogP contribution in [0, 0.1) is 5.92 Å². The van der Waals surface area contributed by atoms with Gasteiger partial charge in [0.05, 0.1) is 0 Å². The molecule has 3 nitrogen and oxygen atoms in total. The molecule has 0 bridgehead atoms. The minimum atomic E-state index is -4.29. The molecule has 2 heterocycles. The van der Waals surface area contributed by atoms with Crippen molar-refractivity contribution < 1.29 is 13.2 Å². The highest BCUT2D eigenvalue weighted by molar-refractivity contribution is 5.09. The number of nitrogens with zero attached hydrogens (tertiary/aromatic N) is 2. The van der Waals surface area contributed by atoms with E-state index in [1.54, 1.807) is 0 Å². The van der Waals surface area contributed by atoms with Crippen LogP contribution >= 0.6 is 0 Å². The third kappa shape index (κ3) is 0.786. The summed E-state index contributed by atoms with van der Waals surface area (Å²) < 4.78 is 36.5. The van der Waals surface area contributed by atoms with Crippen LogP contribution < -0.4 is 5.32 Å². The van der Waals surface area contributed by atoms with Crippen molar-refractivity contribution in [2.24, 2.45) is 16.1 Å². The van der Waals surface area contributed by atoms with E-state index in [4.69, 9.17) is 0 Å². The fourth-order valence-corrected chi connectivity index (χ4v) is 1.14. The maximum absolute atomic E-state index is 12.2. The van der Waals surface area contributed by atoms with E-state index in [1.807, 2.05) is 0 Å². The van der Waals surface area contributed by atoms with Gasteiger partial charge in [0.25, 0.3) is 5.66 Å². The summed E-state index contributed by atoms with van der Waals surface area (Å²) in [5.74, 6) is -0.470.